The number of carbonyl (C=O) groups is 2. The van der Waals surface area contributed by atoms with E-state index in [4.69, 9.17) is 0 Å². The third-order valence-electron chi connectivity index (χ3n) is 0.662. The van der Waals surface area contributed by atoms with Crippen molar-refractivity contribution in [2.24, 2.45) is 0 Å². The van der Waals surface area contributed by atoms with Crippen molar-refractivity contribution in [1.29, 1.82) is 0 Å². The van der Waals surface area contributed by atoms with Gasteiger partial charge in [0.1, 0.15) is 21.0 Å². The first-order chi connectivity index (χ1) is 4.70. The Kier molecular flexibility index (Phi) is 4.80. The third-order valence-corrected chi connectivity index (χ3v) is 0.662. The van der Waals surface area contributed by atoms with Gasteiger partial charge in [-0.05, 0) is 0 Å². The minimum Gasteiger partial charge on any atom is -0.471 e. The zero-order valence-electron chi connectivity index (χ0n) is 5.93. The van der Waals surface area contributed by atoms with E-state index in [0.29, 0.717) is 0 Å². The average Bonchev–Trinajstić information content (AvgIpc) is 2.17. The van der Waals surface area contributed by atoms with E-state index in [0.717, 1.165) is 21.0 Å². The molecule has 1 rings (SSSR count). The Morgan fingerprint density at radius 2 is 1.90 bits per heavy atom. The number of imide groups is 1. The lowest BCUT2D eigenvalue weighted by Crippen LogP contribution is -2.22. The van der Waals surface area contributed by atoms with E-state index >= 15 is 0 Å². The number of hydrogen-bond donors (Lipinski definition) is 2. The van der Waals surface area contributed by atoms with Gasteiger partial charge in [-0.15, -0.1) is 0 Å². The minimum absolute atomic E-state index is 0.124. The molecule has 1 aliphatic rings. The maximum absolute atomic E-state index is 10.1. The molecule has 10 heavy (non-hydrogen) atoms. The molecule has 2 N–H and O–H groups in total. The molecule has 3 amide bonds. The molecule has 0 aromatic rings. The van der Waals surface area contributed by atoms with Gasteiger partial charge in [0.25, 0.3) is 0 Å². The van der Waals surface area contributed by atoms with Gasteiger partial charge in [0, 0.05) is 0 Å². The van der Waals surface area contributed by atoms with E-state index in [1.807, 2.05) is 5.32 Å². The van der Waals surface area contributed by atoms with E-state index < -0.39 is 6.03 Å². The van der Waals surface area contributed by atoms with Crippen LogP contribution < -0.4 is 10.6 Å². The monoisotopic (exact) mass is 178 g/mol. The fraction of sp³-hybridized carbons (Fsp3) is 0.333. The predicted octanol–water partition coefficient (Wildman–Crippen LogP) is -3.61. The number of nitrogens with one attached hydrogen (secondary N) is 2. The van der Waals surface area contributed by atoms with E-state index in [2.05, 4.69) is 9.43 Å². The molecule has 1 aliphatic heterocycles. The lowest BCUT2D eigenvalue weighted by Gasteiger charge is -1.78. The first-order valence-electron chi connectivity index (χ1n) is 2.68. The highest BCUT2D eigenvalue weighted by Gasteiger charge is 2.14. The predicted molar refractivity (Wildman–Crippen MR) is 42.5 cm³/mol. The summed E-state index contributed by atoms with van der Waals surface area (Å²) in [5.41, 5.74) is 0. The van der Waals surface area contributed by atoms with Gasteiger partial charge in [-0.2, -0.15) is 0 Å². The Labute approximate surface area is 64.6 Å². The van der Waals surface area contributed by atoms with Crippen LogP contribution >= 0.6 is 0 Å². The maximum Gasteiger partial charge on any atom is 0.321 e. The summed E-state index contributed by atoms with van der Waals surface area (Å²) in [6.07, 6.45) is 0. The highest BCUT2D eigenvalue weighted by Crippen LogP contribution is 1.73. The zero-order chi connectivity index (χ0) is 7.98. The van der Waals surface area contributed by atoms with Crippen LogP contribution in [0.1, 0.15) is 0 Å². The molecule has 0 aliphatic carbocycles. The van der Waals surface area contributed by atoms with Crippen molar-refractivity contribution in [2.45, 2.75) is 0 Å². The molecule has 5 nitrogen and oxygen atoms in total. The second-order valence-electron chi connectivity index (χ2n) is 1.64. The van der Waals surface area contributed by atoms with Crippen LogP contribution in [0.25, 0.3) is 0 Å². The molecule has 0 bridgehead atoms. The Morgan fingerprint density at radius 3 is 2.00 bits per heavy atom. The van der Waals surface area contributed by atoms with Crippen LogP contribution in [0.5, 0.6) is 0 Å². The molecular formula is C3H10N2O3Si2. The molecular weight excluding hydrogens is 168 g/mol. The Balaban J connectivity index is 0.000000236. The molecule has 1 fully saturated rings. The second-order valence-corrected chi connectivity index (χ2v) is 4.91. The highest BCUT2D eigenvalue weighted by molar-refractivity contribution is 6.15. The van der Waals surface area contributed by atoms with Crippen LogP contribution in [-0.2, 0) is 8.91 Å². The van der Waals surface area contributed by atoms with Crippen molar-refractivity contribution in [3.63, 3.8) is 0 Å². The van der Waals surface area contributed by atoms with Crippen molar-refractivity contribution in [3.05, 3.63) is 0 Å². The molecule has 0 aromatic heterocycles. The summed E-state index contributed by atoms with van der Waals surface area (Å²) in [5, 5.41) is 4.30. The Morgan fingerprint density at radius 1 is 1.40 bits per heavy atom. The van der Waals surface area contributed by atoms with Crippen molar-refractivity contribution in [3.8, 4) is 0 Å². The molecule has 58 valence electrons. The first kappa shape index (κ1) is 9.33. The lowest BCUT2D eigenvalue weighted by molar-refractivity contribution is -0.117. The molecule has 7 heteroatoms. The summed E-state index contributed by atoms with van der Waals surface area (Å²) in [6, 6.07) is -0.398. The molecule has 0 unspecified atom stereocenters. The van der Waals surface area contributed by atoms with Gasteiger partial charge < -0.3 is 9.43 Å². The number of amides is 3. The first-order valence-corrected chi connectivity index (χ1v) is 4.31. The second kappa shape index (κ2) is 5.14. The summed E-state index contributed by atoms with van der Waals surface area (Å²) in [5.74, 6) is -0.259. The van der Waals surface area contributed by atoms with Gasteiger partial charge in [-0.3, -0.25) is 10.1 Å². The van der Waals surface area contributed by atoms with Crippen LogP contribution in [0.4, 0.5) is 4.79 Å². The summed E-state index contributed by atoms with van der Waals surface area (Å²) in [6.45, 7) is 0.124. The third kappa shape index (κ3) is 4.24. The van der Waals surface area contributed by atoms with Gasteiger partial charge in [0.2, 0.25) is 5.91 Å². The van der Waals surface area contributed by atoms with Gasteiger partial charge in [0.15, 0.2) is 0 Å². The van der Waals surface area contributed by atoms with Gasteiger partial charge >= 0.3 is 6.03 Å². The van der Waals surface area contributed by atoms with Crippen molar-refractivity contribution in [2.75, 3.05) is 6.54 Å². The molecule has 0 atom stereocenters. The average molecular weight is 178 g/mol. The Hall–Kier alpha value is -0.666. The molecule has 0 radical (unpaired) electrons. The van der Waals surface area contributed by atoms with Crippen LogP contribution in [0, 0.1) is 0 Å². The summed E-state index contributed by atoms with van der Waals surface area (Å²) in [4.78, 5) is 20.1. The van der Waals surface area contributed by atoms with Crippen molar-refractivity contribution < 1.29 is 13.7 Å². The van der Waals surface area contributed by atoms with Gasteiger partial charge in [-0.1, -0.05) is 0 Å². The molecule has 1 heterocycles. The molecule has 1 saturated heterocycles. The fourth-order valence-corrected chi connectivity index (χ4v) is 0.376. The largest absolute Gasteiger partial charge is 0.471 e. The quantitative estimate of drug-likeness (QED) is 0.297. The lowest BCUT2D eigenvalue weighted by atomic mass is 10.7. The normalized spacial score (nSPS) is 15.6. The van der Waals surface area contributed by atoms with E-state index in [9.17, 15) is 9.59 Å². The highest BCUT2D eigenvalue weighted by atomic mass is 28.3. The SMILES string of the molecule is O=C1CNC(=O)N1.[SiH3]O[SiH3]. The molecule has 0 saturated carbocycles. The van der Waals surface area contributed by atoms with Gasteiger partial charge in [-0.25, -0.2) is 4.79 Å². The van der Waals surface area contributed by atoms with Gasteiger partial charge in [0.05, 0.1) is 6.54 Å². The number of carbonyl (C=O) groups excluding carboxylic acids is 2. The zero-order valence-corrected chi connectivity index (χ0v) is 9.93. The Bertz CT molecular complexity index is 126. The molecule has 0 aromatic carbocycles. The smallest absolute Gasteiger partial charge is 0.321 e. The number of urea groups is 1. The maximum atomic E-state index is 10.1. The number of hydrogen-bond acceptors (Lipinski definition) is 3. The van der Waals surface area contributed by atoms with Crippen LogP contribution in [0.15, 0.2) is 0 Å². The summed E-state index contributed by atoms with van der Waals surface area (Å²) in [7, 11) is 1.86. The van der Waals surface area contributed by atoms with Crippen LogP contribution in [-0.4, -0.2) is 39.5 Å². The standard InChI is InChI=1S/C3H4N2O2.H6OSi2/c6-2-1-4-3(7)5-2;2-1-3/h1H2,(H2,4,5,6,7);2-3H3. The van der Waals surface area contributed by atoms with Crippen molar-refractivity contribution in [1.82, 2.24) is 10.6 Å². The number of rotatable bonds is 0. The minimum atomic E-state index is -0.398. The van der Waals surface area contributed by atoms with Crippen LogP contribution in [0.3, 0.4) is 0 Å². The van der Waals surface area contributed by atoms with E-state index in [1.54, 1.807) is 0 Å². The summed E-state index contributed by atoms with van der Waals surface area (Å²) >= 11 is 0. The van der Waals surface area contributed by atoms with Crippen LogP contribution in [0.2, 0.25) is 0 Å². The molecule has 0 spiro atoms. The summed E-state index contributed by atoms with van der Waals surface area (Å²) < 4.78 is 4.53. The fourth-order valence-electron chi connectivity index (χ4n) is 0.376. The topological polar surface area (TPSA) is 67.4 Å². The van der Waals surface area contributed by atoms with E-state index in [1.165, 1.54) is 0 Å². The van der Waals surface area contributed by atoms with Crippen molar-refractivity contribution >= 4 is 32.9 Å². The van der Waals surface area contributed by atoms with E-state index in [-0.39, 0.29) is 12.5 Å².